The maximum Gasteiger partial charge on any atom is 0.0330 e. The van der Waals surface area contributed by atoms with Crippen molar-refractivity contribution in [2.45, 2.75) is 80.3 Å². The highest BCUT2D eigenvalue weighted by Crippen LogP contribution is 2.35. The van der Waals surface area contributed by atoms with Crippen LogP contribution in [0.1, 0.15) is 68.7 Å². The van der Waals surface area contributed by atoms with Gasteiger partial charge in [-0.25, -0.2) is 0 Å². The smallest absolute Gasteiger partial charge is 0.0330 e. The number of hydrogen-bond donors (Lipinski definition) is 0. The zero-order valence-electron chi connectivity index (χ0n) is 16.3. The summed E-state index contributed by atoms with van der Waals surface area (Å²) in [5.41, 5.74) is 2.98. The first kappa shape index (κ1) is 20.4. The Kier molecular flexibility index (Phi) is 6.94. The predicted octanol–water partition coefficient (Wildman–Crippen LogP) is 5.93. The summed E-state index contributed by atoms with van der Waals surface area (Å²) in [7, 11) is 2.22. The highest BCUT2D eigenvalue weighted by atomic mass is 15.2. The van der Waals surface area contributed by atoms with Crippen LogP contribution in [-0.4, -0.2) is 23.5 Å². The van der Waals surface area contributed by atoms with Gasteiger partial charge in [0, 0.05) is 11.6 Å². The van der Waals surface area contributed by atoms with Gasteiger partial charge in [-0.1, -0.05) is 65.8 Å². The van der Waals surface area contributed by atoms with E-state index in [2.05, 4.69) is 87.4 Å². The minimum Gasteiger partial charge on any atom is -0.295 e. The molecule has 0 N–H and O–H groups in total. The molecule has 0 spiro atoms. The number of rotatable bonds is 6. The lowest BCUT2D eigenvalue weighted by atomic mass is 9.77. The first-order valence-corrected chi connectivity index (χ1v) is 8.29. The molecule has 0 fully saturated rings. The molecular formula is C20H39N. The molecule has 0 aliphatic heterocycles. The van der Waals surface area contributed by atoms with Gasteiger partial charge in [0.2, 0.25) is 0 Å². The quantitative estimate of drug-likeness (QED) is 0.549. The molecule has 2 unspecified atom stereocenters. The molecule has 0 amide bonds. The van der Waals surface area contributed by atoms with E-state index in [1.54, 1.807) is 0 Å². The molecule has 0 heterocycles. The van der Waals surface area contributed by atoms with Crippen LogP contribution < -0.4 is 0 Å². The SMILES string of the molecule is C=C(CC(C)C(=C)C(C)(C)C)C(C(C)C)N(C)C(C)(C)C. The van der Waals surface area contributed by atoms with E-state index in [0.29, 0.717) is 17.9 Å². The van der Waals surface area contributed by atoms with E-state index >= 15 is 0 Å². The summed E-state index contributed by atoms with van der Waals surface area (Å²) < 4.78 is 0. The fourth-order valence-corrected chi connectivity index (χ4v) is 2.99. The summed E-state index contributed by atoms with van der Waals surface area (Å²) in [6.45, 7) is 29.2. The van der Waals surface area contributed by atoms with Crippen molar-refractivity contribution in [3.05, 3.63) is 24.3 Å². The molecule has 0 aromatic carbocycles. The molecular weight excluding hydrogens is 254 g/mol. The Labute approximate surface area is 134 Å². The van der Waals surface area contributed by atoms with Crippen LogP contribution in [0.3, 0.4) is 0 Å². The highest BCUT2D eigenvalue weighted by Gasteiger charge is 2.31. The second kappa shape index (κ2) is 7.13. The van der Waals surface area contributed by atoms with Crippen molar-refractivity contribution in [3.63, 3.8) is 0 Å². The number of likely N-dealkylation sites (N-methyl/N-ethyl adjacent to an activating group) is 1. The van der Waals surface area contributed by atoms with Crippen LogP contribution in [0, 0.1) is 17.3 Å². The van der Waals surface area contributed by atoms with E-state index in [1.807, 2.05) is 0 Å². The third kappa shape index (κ3) is 5.98. The van der Waals surface area contributed by atoms with Crippen molar-refractivity contribution >= 4 is 0 Å². The van der Waals surface area contributed by atoms with Gasteiger partial charge >= 0.3 is 0 Å². The van der Waals surface area contributed by atoms with Gasteiger partial charge < -0.3 is 0 Å². The van der Waals surface area contributed by atoms with Crippen molar-refractivity contribution in [1.82, 2.24) is 4.90 Å². The number of allylic oxidation sites excluding steroid dienone is 1. The largest absolute Gasteiger partial charge is 0.295 e. The molecule has 0 rings (SSSR count). The molecule has 0 saturated carbocycles. The molecule has 0 aromatic heterocycles. The maximum absolute atomic E-state index is 4.43. The van der Waals surface area contributed by atoms with Crippen LogP contribution in [0.25, 0.3) is 0 Å². The summed E-state index contributed by atoms with van der Waals surface area (Å²) in [6, 6.07) is 0.417. The van der Waals surface area contributed by atoms with E-state index in [4.69, 9.17) is 0 Å². The Morgan fingerprint density at radius 1 is 0.952 bits per heavy atom. The summed E-state index contributed by atoms with van der Waals surface area (Å²) >= 11 is 0. The molecule has 0 aromatic rings. The molecule has 0 aliphatic carbocycles. The lowest BCUT2D eigenvalue weighted by Gasteiger charge is -2.42. The zero-order chi connectivity index (χ0) is 17.2. The fraction of sp³-hybridized carbons (Fsp3) is 0.800. The third-order valence-electron chi connectivity index (χ3n) is 4.65. The van der Waals surface area contributed by atoms with E-state index < -0.39 is 0 Å². The van der Waals surface area contributed by atoms with Gasteiger partial charge in [0.1, 0.15) is 0 Å². The minimum absolute atomic E-state index is 0.155. The molecule has 1 heteroatoms. The van der Waals surface area contributed by atoms with E-state index in [9.17, 15) is 0 Å². The maximum atomic E-state index is 4.43. The van der Waals surface area contributed by atoms with E-state index in [1.165, 1.54) is 11.1 Å². The van der Waals surface area contributed by atoms with Crippen molar-refractivity contribution in [2.75, 3.05) is 7.05 Å². The highest BCUT2D eigenvalue weighted by molar-refractivity contribution is 5.16. The Morgan fingerprint density at radius 3 is 1.67 bits per heavy atom. The Bertz CT molecular complexity index is 362. The molecule has 124 valence electrons. The van der Waals surface area contributed by atoms with Crippen LogP contribution in [-0.2, 0) is 0 Å². The lowest BCUT2D eigenvalue weighted by Crippen LogP contribution is -2.48. The van der Waals surface area contributed by atoms with Gasteiger partial charge in [0.15, 0.2) is 0 Å². The summed E-state index contributed by atoms with van der Waals surface area (Å²) in [4.78, 5) is 2.46. The predicted molar refractivity (Wildman–Crippen MR) is 97.7 cm³/mol. The standard InChI is InChI=1S/C20H39N/c1-14(2)18(21(12)20(9,10)11)16(4)13-15(3)17(5)19(6,7)8/h14-15,18H,4-5,13H2,1-3,6-12H3. The van der Waals surface area contributed by atoms with E-state index in [0.717, 1.165) is 6.42 Å². The summed E-state index contributed by atoms with van der Waals surface area (Å²) in [5, 5.41) is 0. The van der Waals surface area contributed by atoms with E-state index in [-0.39, 0.29) is 11.0 Å². The second-order valence-corrected chi connectivity index (χ2v) is 9.01. The van der Waals surface area contributed by atoms with Crippen LogP contribution in [0.5, 0.6) is 0 Å². The normalized spacial score (nSPS) is 16.2. The van der Waals surface area contributed by atoms with Crippen LogP contribution in [0.15, 0.2) is 24.3 Å². The van der Waals surface area contributed by atoms with Crippen molar-refractivity contribution in [3.8, 4) is 0 Å². The average Bonchev–Trinajstić information content (AvgIpc) is 2.24. The van der Waals surface area contributed by atoms with Gasteiger partial charge in [-0.15, -0.1) is 0 Å². The Balaban J connectivity index is 5.07. The first-order chi connectivity index (χ1) is 9.19. The van der Waals surface area contributed by atoms with Gasteiger partial charge in [0.25, 0.3) is 0 Å². The summed E-state index contributed by atoms with van der Waals surface area (Å²) in [6.07, 6.45) is 1.03. The zero-order valence-corrected chi connectivity index (χ0v) is 16.3. The van der Waals surface area contributed by atoms with Crippen molar-refractivity contribution in [2.24, 2.45) is 17.3 Å². The average molecular weight is 294 g/mol. The van der Waals surface area contributed by atoms with Gasteiger partial charge in [0.05, 0.1) is 0 Å². The summed E-state index contributed by atoms with van der Waals surface area (Å²) in [5.74, 6) is 1.05. The first-order valence-electron chi connectivity index (χ1n) is 8.29. The Hall–Kier alpha value is -0.560. The van der Waals surface area contributed by atoms with Crippen LogP contribution >= 0.6 is 0 Å². The molecule has 0 radical (unpaired) electrons. The van der Waals surface area contributed by atoms with Gasteiger partial charge in [-0.05, 0) is 51.5 Å². The minimum atomic E-state index is 0.155. The molecule has 1 nitrogen and oxygen atoms in total. The number of hydrogen-bond acceptors (Lipinski definition) is 1. The number of nitrogens with zero attached hydrogens (tertiary/aromatic N) is 1. The monoisotopic (exact) mass is 293 g/mol. The molecule has 0 aliphatic rings. The van der Waals surface area contributed by atoms with Crippen LogP contribution in [0.2, 0.25) is 0 Å². The fourth-order valence-electron chi connectivity index (χ4n) is 2.99. The van der Waals surface area contributed by atoms with Crippen LogP contribution in [0.4, 0.5) is 0 Å². The van der Waals surface area contributed by atoms with Gasteiger partial charge in [-0.2, -0.15) is 0 Å². The topological polar surface area (TPSA) is 3.24 Å². The molecule has 0 saturated heterocycles. The Morgan fingerprint density at radius 2 is 1.38 bits per heavy atom. The van der Waals surface area contributed by atoms with Crippen molar-refractivity contribution in [1.29, 1.82) is 0 Å². The molecule has 0 bridgehead atoms. The van der Waals surface area contributed by atoms with Gasteiger partial charge in [-0.3, -0.25) is 4.90 Å². The van der Waals surface area contributed by atoms with Crippen molar-refractivity contribution < 1.29 is 0 Å². The molecule has 21 heavy (non-hydrogen) atoms. The lowest BCUT2D eigenvalue weighted by molar-refractivity contribution is 0.105. The molecule has 2 atom stereocenters. The third-order valence-corrected chi connectivity index (χ3v) is 4.65. The second-order valence-electron chi connectivity index (χ2n) is 9.01.